The lowest BCUT2D eigenvalue weighted by atomic mass is 10.1. The van der Waals surface area contributed by atoms with Crippen LogP contribution in [-0.4, -0.2) is 6.04 Å². The van der Waals surface area contributed by atoms with Gasteiger partial charge in [-0.3, -0.25) is 0 Å². The minimum atomic E-state index is -4.42. The topological polar surface area (TPSA) is 35.8 Å². The molecule has 0 heterocycles. The number of nitrogens with one attached hydrogen (secondary N) is 1. The lowest BCUT2D eigenvalue weighted by Crippen LogP contribution is -2.16. The van der Waals surface area contributed by atoms with Crippen molar-refractivity contribution >= 4 is 5.69 Å². The maximum atomic E-state index is 12.5. The van der Waals surface area contributed by atoms with Gasteiger partial charge in [0.25, 0.3) is 0 Å². The first-order chi connectivity index (χ1) is 8.50. The van der Waals surface area contributed by atoms with Gasteiger partial charge < -0.3 is 5.32 Å². The van der Waals surface area contributed by atoms with E-state index in [2.05, 4.69) is 5.32 Å². The van der Waals surface area contributed by atoms with Gasteiger partial charge in [-0.15, -0.1) is 0 Å². The van der Waals surface area contributed by atoms with Crippen LogP contribution < -0.4 is 5.32 Å². The predicted octanol–water partition coefficient (Wildman–Crippen LogP) is 3.71. The maximum Gasteiger partial charge on any atom is 0.416 e. The highest BCUT2D eigenvalue weighted by molar-refractivity contribution is 5.59. The summed E-state index contributed by atoms with van der Waals surface area (Å²) in [4.78, 5) is 0. The van der Waals surface area contributed by atoms with Crippen molar-refractivity contribution in [1.82, 2.24) is 0 Å². The zero-order valence-electron chi connectivity index (χ0n) is 9.46. The average Bonchev–Trinajstić information content (AvgIpc) is 2.81. The van der Waals surface area contributed by atoms with Crippen LogP contribution in [0.15, 0.2) is 30.4 Å². The van der Waals surface area contributed by atoms with Gasteiger partial charge in [0, 0.05) is 6.04 Å². The van der Waals surface area contributed by atoms with Gasteiger partial charge in [-0.1, -0.05) is 12.2 Å². The van der Waals surface area contributed by atoms with Gasteiger partial charge in [-0.2, -0.15) is 18.4 Å². The van der Waals surface area contributed by atoms with Crippen LogP contribution in [0.4, 0.5) is 18.9 Å². The second-order valence-electron chi connectivity index (χ2n) is 4.15. The SMILES string of the molecule is N#Cc1cc(C(F)(F)F)ccc1NC1CC=CC1. The summed E-state index contributed by atoms with van der Waals surface area (Å²) in [6.45, 7) is 0. The summed E-state index contributed by atoms with van der Waals surface area (Å²) >= 11 is 0. The Hall–Kier alpha value is -1.96. The molecule has 0 unspecified atom stereocenters. The Morgan fingerprint density at radius 2 is 1.89 bits per heavy atom. The molecule has 1 aromatic carbocycles. The third-order valence-corrected chi connectivity index (χ3v) is 2.83. The molecule has 0 atom stereocenters. The fourth-order valence-electron chi connectivity index (χ4n) is 1.89. The molecule has 0 saturated carbocycles. The van der Waals surface area contributed by atoms with Crippen molar-refractivity contribution in [2.24, 2.45) is 0 Å². The third-order valence-electron chi connectivity index (χ3n) is 2.83. The second-order valence-corrected chi connectivity index (χ2v) is 4.15. The highest BCUT2D eigenvalue weighted by Crippen LogP contribution is 2.32. The van der Waals surface area contributed by atoms with Crippen LogP contribution >= 0.6 is 0 Å². The average molecular weight is 252 g/mol. The number of rotatable bonds is 2. The van der Waals surface area contributed by atoms with Crippen LogP contribution in [0.5, 0.6) is 0 Å². The van der Waals surface area contributed by atoms with Crippen LogP contribution in [0, 0.1) is 11.3 Å². The van der Waals surface area contributed by atoms with E-state index in [9.17, 15) is 13.2 Å². The van der Waals surface area contributed by atoms with E-state index in [-0.39, 0.29) is 11.6 Å². The van der Waals surface area contributed by atoms with Crippen LogP contribution in [-0.2, 0) is 6.18 Å². The summed E-state index contributed by atoms with van der Waals surface area (Å²) < 4.78 is 37.5. The van der Waals surface area contributed by atoms with E-state index in [0.29, 0.717) is 5.69 Å². The summed E-state index contributed by atoms with van der Waals surface area (Å²) in [6.07, 6.45) is 1.25. The quantitative estimate of drug-likeness (QED) is 0.814. The van der Waals surface area contributed by atoms with Crippen molar-refractivity contribution in [3.63, 3.8) is 0 Å². The minimum absolute atomic E-state index is 0.0247. The van der Waals surface area contributed by atoms with Gasteiger partial charge in [0.1, 0.15) is 6.07 Å². The van der Waals surface area contributed by atoms with Crippen molar-refractivity contribution in [2.75, 3.05) is 5.32 Å². The van der Waals surface area contributed by atoms with Gasteiger partial charge in [0.05, 0.1) is 16.8 Å². The molecular formula is C13H11F3N2. The number of nitrogens with zero attached hydrogens (tertiary/aromatic N) is 1. The molecule has 0 saturated heterocycles. The van der Waals surface area contributed by atoms with E-state index in [1.807, 2.05) is 12.2 Å². The lowest BCUT2D eigenvalue weighted by molar-refractivity contribution is -0.137. The van der Waals surface area contributed by atoms with Crippen molar-refractivity contribution in [3.05, 3.63) is 41.5 Å². The number of hydrogen-bond acceptors (Lipinski definition) is 2. The highest BCUT2D eigenvalue weighted by Gasteiger charge is 2.31. The summed E-state index contributed by atoms with van der Waals surface area (Å²) in [5.41, 5.74) is -0.315. The van der Waals surface area contributed by atoms with E-state index >= 15 is 0 Å². The Labute approximate surface area is 103 Å². The van der Waals surface area contributed by atoms with Gasteiger partial charge in [0.2, 0.25) is 0 Å². The van der Waals surface area contributed by atoms with Crippen molar-refractivity contribution in [2.45, 2.75) is 25.1 Å². The molecule has 0 spiro atoms. The van der Waals surface area contributed by atoms with Crippen LogP contribution in [0.2, 0.25) is 0 Å². The van der Waals surface area contributed by atoms with Gasteiger partial charge in [-0.25, -0.2) is 0 Å². The first-order valence-corrected chi connectivity index (χ1v) is 5.53. The molecule has 1 aliphatic rings. The van der Waals surface area contributed by atoms with Crippen molar-refractivity contribution < 1.29 is 13.2 Å². The molecule has 1 N–H and O–H groups in total. The largest absolute Gasteiger partial charge is 0.416 e. The standard InChI is InChI=1S/C13H11F3N2/c14-13(15,16)10-5-6-12(9(7-10)8-17)18-11-3-1-2-4-11/h1-2,5-7,11,18H,3-4H2. The lowest BCUT2D eigenvalue weighted by Gasteiger charge is -2.16. The number of halogens is 3. The molecule has 1 aromatic rings. The first kappa shape index (κ1) is 12.5. The first-order valence-electron chi connectivity index (χ1n) is 5.53. The molecular weight excluding hydrogens is 241 g/mol. The monoisotopic (exact) mass is 252 g/mol. The molecule has 0 amide bonds. The fourth-order valence-corrected chi connectivity index (χ4v) is 1.89. The Morgan fingerprint density at radius 3 is 2.44 bits per heavy atom. The van der Waals surface area contributed by atoms with Crippen molar-refractivity contribution in [1.29, 1.82) is 5.26 Å². The number of hydrogen-bond donors (Lipinski definition) is 1. The molecule has 2 nitrogen and oxygen atoms in total. The third kappa shape index (κ3) is 2.65. The maximum absolute atomic E-state index is 12.5. The highest BCUT2D eigenvalue weighted by atomic mass is 19.4. The Balaban J connectivity index is 2.24. The fraction of sp³-hybridized carbons (Fsp3) is 0.308. The normalized spacial score (nSPS) is 15.7. The van der Waals surface area contributed by atoms with Gasteiger partial charge in [0.15, 0.2) is 0 Å². The number of anilines is 1. The molecule has 0 radical (unpaired) electrons. The molecule has 1 aliphatic carbocycles. The van der Waals surface area contributed by atoms with E-state index in [4.69, 9.17) is 5.26 Å². The molecule has 0 fully saturated rings. The minimum Gasteiger partial charge on any atom is -0.381 e. The zero-order chi connectivity index (χ0) is 13.2. The Kier molecular flexibility index (Phi) is 3.28. The van der Waals surface area contributed by atoms with E-state index in [0.717, 1.165) is 25.0 Å². The van der Waals surface area contributed by atoms with Crippen LogP contribution in [0.1, 0.15) is 24.0 Å². The summed E-state index contributed by atoms with van der Waals surface area (Å²) in [5.74, 6) is 0. The van der Waals surface area contributed by atoms with Crippen LogP contribution in [0.25, 0.3) is 0 Å². The summed E-state index contributed by atoms with van der Waals surface area (Å²) in [6, 6.07) is 5.15. The van der Waals surface area contributed by atoms with Crippen LogP contribution in [0.3, 0.4) is 0 Å². The second kappa shape index (κ2) is 4.73. The number of benzene rings is 1. The number of nitriles is 1. The van der Waals surface area contributed by atoms with Crippen molar-refractivity contribution in [3.8, 4) is 6.07 Å². The Morgan fingerprint density at radius 1 is 1.22 bits per heavy atom. The van der Waals surface area contributed by atoms with Gasteiger partial charge in [-0.05, 0) is 31.0 Å². The summed E-state index contributed by atoms with van der Waals surface area (Å²) in [7, 11) is 0. The van der Waals surface area contributed by atoms with E-state index in [1.165, 1.54) is 6.07 Å². The van der Waals surface area contributed by atoms with E-state index in [1.54, 1.807) is 6.07 Å². The zero-order valence-corrected chi connectivity index (χ0v) is 9.46. The van der Waals surface area contributed by atoms with Gasteiger partial charge >= 0.3 is 6.18 Å². The number of alkyl halides is 3. The molecule has 5 heteroatoms. The molecule has 0 bridgehead atoms. The molecule has 94 valence electrons. The predicted molar refractivity (Wildman–Crippen MR) is 61.9 cm³/mol. The molecule has 0 aromatic heterocycles. The Bertz CT molecular complexity index is 504. The molecule has 18 heavy (non-hydrogen) atoms. The molecule has 2 rings (SSSR count). The van der Waals surface area contributed by atoms with E-state index < -0.39 is 11.7 Å². The molecule has 0 aliphatic heterocycles. The smallest absolute Gasteiger partial charge is 0.381 e. The summed E-state index contributed by atoms with van der Waals surface area (Å²) in [5, 5.41) is 12.0.